The van der Waals surface area contributed by atoms with Gasteiger partial charge in [0, 0.05) is 31.3 Å². The van der Waals surface area contributed by atoms with Crippen LogP contribution in [0, 0.1) is 0 Å². The third kappa shape index (κ3) is 4.75. The van der Waals surface area contributed by atoms with Crippen molar-refractivity contribution in [1.82, 2.24) is 4.31 Å². The molecule has 2 aromatic rings. The fourth-order valence-corrected chi connectivity index (χ4v) is 5.11. The Hall–Kier alpha value is -2.62. The second-order valence-corrected chi connectivity index (χ2v) is 9.12. The van der Waals surface area contributed by atoms with Gasteiger partial charge in [-0.05, 0) is 49.2 Å². The van der Waals surface area contributed by atoms with Crippen molar-refractivity contribution in [3.63, 3.8) is 0 Å². The lowest BCUT2D eigenvalue weighted by atomic mass is 10.2. The maximum Gasteiger partial charge on any atom is 0.255 e. The van der Waals surface area contributed by atoms with E-state index in [1.807, 2.05) is 0 Å². The molecule has 1 aliphatic heterocycles. The lowest BCUT2D eigenvalue weighted by Gasteiger charge is -2.18. The molecule has 3 rings (SSSR count). The molecule has 1 heterocycles. The Bertz CT molecular complexity index is 1080. The van der Waals surface area contributed by atoms with Gasteiger partial charge in [-0.25, -0.2) is 8.42 Å². The average molecular weight is 452 g/mol. The number of halogens is 1. The highest BCUT2D eigenvalue weighted by molar-refractivity contribution is 7.89. The standard InChI is InChI=1S/C20H22ClN3O5S/c1-13(25)22-15-6-7-17(16(21)12-15)23-20(26)14-5-8-18(29-2)19(11-14)30(27,28)24-9-3-4-10-24/h5-8,11-12H,3-4,9-10H2,1-2H3,(H,22,25)(H,23,26). The van der Waals surface area contributed by atoms with Crippen LogP contribution in [0.5, 0.6) is 5.75 Å². The fourth-order valence-electron chi connectivity index (χ4n) is 3.18. The van der Waals surface area contributed by atoms with E-state index < -0.39 is 15.9 Å². The van der Waals surface area contributed by atoms with Crippen molar-refractivity contribution in [1.29, 1.82) is 0 Å². The normalized spacial score (nSPS) is 14.4. The minimum Gasteiger partial charge on any atom is -0.495 e. The zero-order valence-corrected chi connectivity index (χ0v) is 18.1. The van der Waals surface area contributed by atoms with Crippen LogP contribution in [0.1, 0.15) is 30.1 Å². The molecule has 1 aliphatic rings. The first-order chi connectivity index (χ1) is 14.2. The molecule has 1 fully saturated rings. The summed E-state index contributed by atoms with van der Waals surface area (Å²) in [6, 6.07) is 8.91. The summed E-state index contributed by atoms with van der Waals surface area (Å²) in [4.78, 5) is 23.8. The zero-order valence-electron chi connectivity index (χ0n) is 16.6. The summed E-state index contributed by atoms with van der Waals surface area (Å²) in [7, 11) is -2.39. The Morgan fingerprint density at radius 3 is 2.37 bits per heavy atom. The number of ether oxygens (including phenoxy) is 1. The van der Waals surface area contributed by atoms with E-state index in [0.717, 1.165) is 12.8 Å². The van der Waals surface area contributed by atoms with Crippen LogP contribution >= 0.6 is 11.6 Å². The largest absolute Gasteiger partial charge is 0.495 e. The van der Waals surface area contributed by atoms with Gasteiger partial charge in [-0.1, -0.05) is 11.6 Å². The SMILES string of the molecule is COc1ccc(C(=O)Nc2ccc(NC(C)=O)cc2Cl)cc1S(=O)(=O)N1CCCC1. The minimum atomic E-state index is -3.77. The van der Waals surface area contributed by atoms with E-state index in [1.165, 1.54) is 42.6 Å². The fraction of sp³-hybridized carbons (Fsp3) is 0.300. The topological polar surface area (TPSA) is 105 Å². The summed E-state index contributed by atoms with van der Waals surface area (Å²) in [6.07, 6.45) is 1.60. The highest BCUT2D eigenvalue weighted by Gasteiger charge is 2.30. The van der Waals surface area contributed by atoms with Crippen LogP contribution in [-0.2, 0) is 14.8 Å². The quantitative estimate of drug-likeness (QED) is 0.700. The van der Waals surface area contributed by atoms with Crippen molar-refractivity contribution < 1.29 is 22.7 Å². The van der Waals surface area contributed by atoms with Crippen molar-refractivity contribution in [2.75, 3.05) is 30.8 Å². The Labute approximate surface area is 180 Å². The minimum absolute atomic E-state index is 0.0494. The van der Waals surface area contributed by atoms with E-state index in [4.69, 9.17) is 16.3 Å². The number of carbonyl (C=O) groups excluding carboxylic acids is 2. The smallest absolute Gasteiger partial charge is 0.255 e. The molecule has 0 spiro atoms. The predicted molar refractivity (Wildman–Crippen MR) is 115 cm³/mol. The monoisotopic (exact) mass is 451 g/mol. The molecule has 0 bridgehead atoms. The van der Waals surface area contributed by atoms with Crippen LogP contribution in [0.15, 0.2) is 41.3 Å². The van der Waals surface area contributed by atoms with Gasteiger partial charge in [0.15, 0.2) is 0 Å². The third-order valence-electron chi connectivity index (χ3n) is 4.65. The lowest BCUT2D eigenvalue weighted by Crippen LogP contribution is -2.28. The van der Waals surface area contributed by atoms with Gasteiger partial charge in [-0.15, -0.1) is 0 Å². The van der Waals surface area contributed by atoms with Gasteiger partial charge in [-0.3, -0.25) is 9.59 Å². The number of rotatable bonds is 6. The summed E-state index contributed by atoms with van der Waals surface area (Å²) in [6.45, 7) is 2.26. The van der Waals surface area contributed by atoms with Crippen molar-refractivity contribution in [2.24, 2.45) is 0 Å². The molecule has 160 valence electrons. The molecule has 2 N–H and O–H groups in total. The molecule has 1 saturated heterocycles. The van der Waals surface area contributed by atoms with Gasteiger partial charge >= 0.3 is 0 Å². The molecule has 0 atom stereocenters. The van der Waals surface area contributed by atoms with E-state index in [2.05, 4.69) is 10.6 Å². The maximum absolute atomic E-state index is 13.0. The summed E-state index contributed by atoms with van der Waals surface area (Å²) < 4.78 is 32.6. The number of carbonyl (C=O) groups is 2. The Kier molecular flexibility index (Phi) is 6.64. The highest BCUT2D eigenvalue weighted by Crippen LogP contribution is 2.31. The molecule has 2 aromatic carbocycles. The molecule has 10 heteroatoms. The number of nitrogens with zero attached hydrogens (tertiary/aromatic N) is 1. The Morgan fingerprint density at radius 2 is 1.77 bits per heavy atom. The molecular weight excluding hydrogens is 430 g/mol. The number of anilines is 2. The average Bonchev–Trinajstić information content (AvgIpc) is 3.25. The molecule has 0 saturated carbocycles. The van der Waals surface area contributed by atoms with Gasteiger partial charge in [-0.2, -0.15) is 4.31 Å². The van der Waals surface area contributed by atoms with E-state index >= 15 is 0 Å². The van der Waals surface area contributed by atoms with Crippen LogP contribution in [0.3, 0.4) is 0 Å². The molecule has 0 aromatic heterocycles. The van der Waals surface area contributed by atoms with Crippen LogP contribution in [0.2, 0.25) is 5.02 Å². The number of hydrogen-bond donors (Lipinski definition) is 2. The summed E-state index contributed by atoms with van der Waals surface area (Å²) in [5, 5.41) is 5.49. The first-order valence-corrected chi connectivity index (χ1v) is 11.1. The van der Waals surface area contributed by atoms with Gasteiger partial charge in [0.25, 0.3) is 5.91 Å². The van der Waals surface area contributed by atoms with Crippen LogP contribution in [-0.4, -0.2) is 44.7 Å². The van der Waals surface area contributed by atoms with Crippen molar-refractivity contribution in [3.8, 4) is 5.75 Å². The van der Waals surface area contributed by atoms with Gasteiger partial charge in [0.1, 0.15) is 10.6 Å². The highest BCUT2D eigenvalue weighted by atomic mass is 35.5. The molecular formula is C20H22ClN3O5S. The number of sulfonamides is 1. The number of benzene rings is 2. The molecule has 8 nitrogen and oxygen atoms in total. The van der Waals surface area contributed by atoms with Gasteiger partial charge in [0.05, 0.1) is 17.8 Å². The van der Waals surface area contributed by atoms with Crippen LogP contribution in [0.4, 0.5) is 11.4 Å². The van der Waals surface area contributed by atoms with Crippen LogP contribution < -0.4 is 15.4 Å². The number of nitrogens with one attached hydrogen (secondary N) is 2. The zero-order chi connectivity index (χ0) is 21.9. The van der Waals surface area contributed by atoms with E-state index in [1.54, 1.807) is 12.1 Å². The second kappa shape index (κ2) is 9.03. The molecule has 0 unspecified atom stereocenters. The Morgan fingerprint density at radius 1 is 1.07 bits per heavy atom. The summed E-state index contributed by atoms with van der Waals surface area (Å²) in [5.41, 5.74) is 0.972. The van der Waals surface area contributed by atoms with E-state index in [9.17, 15) is 18.0 Å². The van der Waals surface area contributed by atoms with Gasteiger partial charge < -0.3 is 15.4 Å². The van der Waals surface area contributed by atoms with E-state index in [-0.39, 0.29) is 27.1 Å². The predicted octanol–water partition coefficient (Wildman–Crippen LogP) is 3.34. The first-order valence-electron chi connectivity index (χ1n) is 9.29. The van der Waals surface area contributed by atoms with E-state index in [0.29, 0.717) is 24.5 Å². The molecule has 0 aliphatic carbocycles. The lowest BCUT2D eigenvalue weighted by molar-refractivity contribution is -0.114. The number of hydrogen-bond acceptors (Lipinski definition) is 5. The number of methoxy groups -OCH3 is 1. The molecule has 30 heavy (non-hydrogen) atoms. The third-order valence-corrected chi connectivity index (χ3v) is 6.88. The number of amides is 2. The van der Waals surface area contributed by atoms with Crippen molar-refractivity contribution >= 4 is 44.8 Å². The van der Waals surface area contributed by atoms with Crippen molar-refractivity contribution in [2.45, 2.75) is 24.7 Å². The Balaban J connectivity index is 1.87. The van der Waals surface area contributed by atoms with Crippen molar-refractivity contribution in [3.05, 3.63) is 47.0 Å². The maximum atomic E-state index is 13.0. The molecule has 0 radical (unpaired) electrons. The summed E-state index contributed by atoms with van der Waals surface area (Å²) >= 11 is 6.19. The second-order valence-electron chi connectivity index (χ2n) is 6.81. The van der Waals surface area contributed by atoms with Crippen LogP contribution in [0.25, 0.3) is 0 Å². The van der Waals surface area contributed by atoms with Gasteiger partial charge in [0.2, 0.25) is 15.9 Å². The summed E-state index contributed by atoms with van der Waals surface area (Å²) in [5.74, 6) is -0.589. The molecule has 2 amide bonds. The first kappa shape index (κ1) is 22.1.